The van der Waals surface area contributed by atoms with E-state index in [9.17, 15) is 5.11 Å². The number of phenols is 1. The van der Waals surface area contributed by atoms with E-state index >= 15 is 0 Å². The minimum Gasteiger partial charge on any atom is -0.502 e. The topological polar surface area (TPSA) is 41.9 Å². The first-order valence-electron chi connectivity index (χ1n) is 7.26. The van der Waals surface area contributed by atoms with Crippen LogP contribution < -0.4 is 9.47 Å². The van der Waals surface area contributed by atoms with Gasteiger partial charge in [0.2, 0.25) is 5.75 Å². The molecule has 4 heteroatoms. The van der Waals surface area contributed by atoms with Crippen LogP contribution in [-0.4, -0.2) is 37.8 Å². The predicted octanol–water partition coefficient (Wildman–Crippen LogP) is 3.03. The van der Waals surface area contributed by atoms with Crippen LogP contribution in [-0.2, 0) is 6.54 Å². The first-order chi connectivity index (χ1) is 9.63. The fraction of sp³-hybridized carbons (Fsp3) is 0.625. The van der Waals surface area contributed by atoms with Crippen molar-refractivity contribution in [2.45, 2.75) is 32.2 Å². The van der Waals surface area contributed by atoms with Crippen LogP contribution in [0.1, 0.15) is 31.2 Å². The third-order valence-corrected chi connectivity index (χ3v) is 4.04. The molecule has 1 aliphatic carbocycles. The average Bonchev–Trinajstić information content (AvgIpc) is 2.93. The molecule has 1 aromatic carbocycles. The van der Waals surface area contributed by atoms with E-state index in [4.69, 9.17) is 9.47 Å². The molecule has 0 atom stereocenters. The zero-order valence-corrected chi connectivity index (χ0v) is 12.7. The number of hydrogen-bond donors (Lipinski definition) is 1. The normalized spacial score (nSPS) is 15.8. The summed E-state index contributed by atoms with van der Waals surface area (Å²) in [6, 6.07) is 3.76. The van der Waals surface area contributed by atoms with E-state index in [0.29, 0.717) is 11.5 Å². The largest absolute Gasteiger partial charge is 0.502 e. The Morgan fingerprint density at radius 1 is 1.15 bits per heavy atom. The van der Waals surface area contributed by atoms with Gasteiger partial charge >= 0.3 is 0 Å². The molecule has 1 fully saturated rings. The fourth-order valence-electron chi connectivity index (χ4n) is 3.05. The predicted molar refractivity (Wildman–Crippen MR) is 79.5 cm³/mol. The van der Waals surface area contributed by atoms with Crippen LogP contribution in [0.4, 0.5) is 0 Å². The van der Waals surface area contributed by atoms with E-state index in [1.54, 1.807) is 14.2 Å². The van der Waals surface area contributed by atoms with Crippen molar-refractivity contribution in [3.8, 4) is 17.2 Å². The highest BCUT2D eigenvalue weighted by atomic mass is 16.5. The van der Waals surface area contributed by atoms with Crippen molar-refractivity contribution >= 4 is 0 Å². The second-order valence-corrected chi connectivity index (χ2v) is 5.70. The molecule has 0 amide bonds. The van der Waals surface area contributed by atoms with E-state index in [1.165, 1.54) is 25.7 Å². The second kappa shape index (κ2) is 6.84. The van der Waals surface area contributed by atoms with Crippen LogP contribution in [0.15, 0.2) is 12.1 Å². The molecule has 0 unspecified atom stereocenters. The molecule has 4 nitrogen and oxygen atoms in total. The summed E-state index contributed by atoms with van der Waals surface area (Å²) in [5, 5.41) is 9.91. The maximum Gasteiger partial charge on any atom is 0.200 e. The molecule has 0 aliphatic heterocycles. The van der Waals surface area contributed by atoms with Crippen molar-refractivity contribution in [2.75, 3.05) is 27.8 Å². The molecule has 2 rings (SSSR count). The summed E-state index contributed by atoms with van der Waals surface area (Å²) >= 11 is 0. The first-order valence-corrected chi connectivity index (χ1v) is 7.26. The van der Waals surface area contributed by atoms with Crippen LogP contribution in [0.25, 0.3) is 0 Å². The molecular formula is C16H25NO3. The third-order valence-electron chi connectivity index (χ3n) is 4.04. The smallest absolute Gasteiger partial charge is 0.200 e. The lowest BCUT2D eigenvalue weighted by atomic mass is 10.1. The van der Waals surface area contributed by atoms with E-state index in [1.807, 2.05) is 12.1 Å². The minimum atomic E-state index is 0.0668. The van der Waals surface area contributed by atoms with Crippen LogP contribution in [0.2, 0.25) is 0 Å². The summed E-state index contributed by atoms with van der Waals surface area (Å²) in [7, 11) is 5.26. The van der Waals surface area contributed by atoms with E-state index < -0.39 is 0 Å². The monoisotopic (exact) mass is 279 g/mol. The SMILES string of the molecule is COc1cc(CN(C)CC2CCCC2)cc(OC)c1O. The molecule has 0 saturated heterocycles. The molecule has 0 radical (unpaired) electrons. The highest BCUT2D eigenvalue weighted by molar-refractivity contribution is 5.52. The maximum absolute atomic E-state index is 9.91. The molecule has 0 spiro atoms. The van der Waals surface area contributed by atoms with Gasteiger partial charge in [0, 0.05) is 13.1 Å². The second-order valence-electron chi connectivity index (χ2n) is 5.70. The van der Waals surface area contributed by atoms with Crippen molar-refractivity contribution in [2.24, 2.45) is 5.92 Å². The highest BCUT2D eigenvalue weighted by Crippen LogP contribution is 2.37. The molecule has 1 aliphatic rings. The summed E-state index contributed by atoms with van der Waals surface area (Å²) in [6.07, 6.45) is 5.46. The van der Waals surface area contributed by atoms with Gasteiger partial charge in [-0.15, -0.1) is 0 Å². The lowest BCUT2D eigenvalue weighted by Crippen LogP contribution is -2.24. The molecule has 1 N–H and O–H groups in total. The molecule has 0 aromatic heterocycles. The molecule has 0 heterocycles. The van der Waals surface area contributed by atoms with Gasteiger partial charge in [0.15, 0.2) is 11.5 Å². The van der Waals surface area contributed by atoms with Crippen molar-refractivity contribution in [3.63, 3.8) is 0 Å². The number of phenolic OH excluding ortho intramolecular Hbond substituents is 1. The van der Waals surface area contributed by atoms with Gasteiger partial charge in [-0.2, -0.15) is 0 Å². The average molecular weight is 279 g/mol. The molecule has 20 heavy (non-hydrogen) atoms. The molecule has 112 valence electrons. The number of hydrogen-bond acceptors (Lipinski definition) is 4. The van der Waals surface area contributed by atoms with Crippen LogP contribution >= 0.6 is 0 Å². The Morgan fingerprint density at radius 2 is 1.70 bits per heavy atom. The van der Waals surface area contributed by atoms with Crippen molar-refractivity contribution in [1.82, 2.24) is 4.90 Å². The Balaban J connectivity index is 2.04. The summed E-state index contributed by atoms with van der Waals surface area (Å²) in [5.41, 5.74) is 1.09. The lowest BCUT2D eigenvalue weighted by Gasteiger charge is -2.21. The summed E-state index contributed by atoms with van der Waals surface area (Å²) in [6.45, 7) is 1.97. The number of nitrogens with zero attached hydrogens (tertiary/aromatic N) is 1. The fourth-order valence-corrected chi connectivity index (χ4v) is 3.05. The Morgan fingerprint density at radius 3 is 2.20 bits per heavy atom. The van der Waals surface area contributed by atoms with Crippen LogP contribution in [0.3, 0.4) is 0 Å². The van der Waals surface area contributed by atoms with Gasteiger partial charge in [0.05, 0.1) is 14.2 Å². The summed E-state index contributed by atoms with van der Waals surface area (Å²) in [5.74, 6) is 1.83. The number of methoxy groups -OCH3 is 2. The Labute approximate surface area is 121 Å². The number of rotatable bonds is 6. The Hall–Kier alpha value is -1.42. The first kappa shape index (κ1) is 15.0. The number of ether oxygens (including phenoxy) is 2. The van der Waals surface area contributed by atoms with E-state index in [2.05, 4.69) is 11.9 Å². The van der Waals surface area contributed by atoms with Crippen molar-refractivity contribution < 1.29 is 14.6 Å². The summed E-state index contributed by atoms with van der Waals surface area (Å²) < 4.78 is 10.4. The van der Waals surface area contributed by atoms with Crippen LogP contribution in [0, 0.1) is 5.92 Å². The van der Waals surface area contributed by atoms with Crippen LogP contribution in [0.5, 0.6) is 17.2 Å². The van der Waals surface area contributed by atoms with Gasteiger partial charge in [-0.3, -0.25) is 0 Å². The zero-order valence-electron chi connectivity index (χ0n) is 12.7. The quantitative estimate of drug-likeness (QED) is 0.869. The standard InChI is InChI=1S/C16H25NO3/c1-17(10-12-6-4-5-7-12)11-13-8-14(19-2)16(18)15(9-13)20-3/h8-9,12,18H,4-7,10-11H2,1-3H3. The van der Waals surface area contributed by atoms with E-state index in [0.717, 1.165) is 24.6 Å². The molecule has 1 saturated carbocycles. The molecule has 1 aromatic rings. The van der Waals surface area contributed by atoms with Crippen molar-refractivity contribution in [3.05, 3.63) is 17.7 Å². The van der Waals surface area contributed by atoms with Gasteiger partial charge in [-0.25, -0.2) is 0 Å². The molecular weight excluding hydrogens is 254 g/mol. The van der Waals surface area contributed by atoms with Crippen molar-refractivity contribution in [1.29, 1.82) is 0 Å². The number of benzene rings is 1. The van der Waals surface area contributed by atoms with Gasteiger partial charge in [0.25, 0.3) is 0 Å². The Kier molecular flexibility index (Phi) is 5.12. The summed E-state index contributed by atoms with van der Waals surface area (Å²) in [4.78, 5) is 2.33. The Bertz CT molecular complexity index is 416. The highest BCUT2D eigenvalue weighted by Gasteiger charge is 2.18. The maximum atomic E-state index is 9.91. The lowest BCUT2D eigenvalue weighted by molar-refractivity contribution is 0.269. The molecule has 0 bridgehead atoms. The van der Waals surface area contributed by atoms with E-state index in [-0.39, 0.29) is 5.75 Å². The van der Waals surface area contributed by atoms with Gasteiger partial charge in [0.1, 0.15) is 0 Å². The van der Waals surface area contributed by atoms with Gasteiger partial charge in [-0.1, -0.05) is 12.8 Å². The number of aromatic hydroxyl groups is 1. The van der Waals surface area contributed by atoms with Gasteiger partial charge in [-0.05, 0) is 43.5 Å². The minimum absolute atomic E-state index is 0.0668. The van der Waals surface area contributed by atoms with Gasteiger partial charge < -0.3 is 19.5 Å². The third kappa shape index (κ3) is 3.57. The zero-order chi connectivity index (χ0) is 14.5.